The summed E-state index contributed by atoms with van der Waals surface area (Å²) in [5.74, 6) is -0.550. The topological polar surface area (TPSA) is 129 Å². The SMILES string of the molecule is CC(=O)Nc1ccc(NC(=O)CSc2nc(CC(=O)Nc3ccc(NC(C)=O)cc3)cs2)cc1. The molecule has 0 aliphatic carbocycles. The number of amides is 4. The highest BCUT2D eigenvalue weighted by molar-refractivity contribution is 8.01. The molecule has 0 aliphatic heterocycles. The van der Waals surface area contributed by atoms with Crippen molar-refractivity contribution in [2.24, 2.45) is 0 Å². The summed E-state index contributed by atoms with van der Waals surface area (Å²) in [6.45, 7) is 2.86. The van der Waals surface area contributed by atoms with Crippen molar-refractivity contribution in [3.63, 3.8) is 0 Å². The van der Waals surface area contributed by atoms with Crippen LogP contribution in [0.1, 0.15) is 19.5 Å². The van der Waals surface area contributed by atoms with Crippen molar-refractivity contribution in [2.75, 3.05) is 27.0 Å². The van der Waals surface area contributed by atoms with Crippen LogP contribution in [-0.2, 0) is 25.6 Å². The Bertz CT molecular complexity index is 1180. The van der Waals surface area contributed by atoms with Crippen molar-refractivity contribution in [1.29, 1.82) is 0 Å². The van der Waals surface area contributed by atoms with E-state index in [4.69, 9.17) is 0 Å². The zero-order valence-electron chi connectivity index (χ0n) is 18.5. The van der Waals surface area contributed by atoms with Gasteiger partial charge >= 0.3 is 0 Å². The van der Waals surface area contributed by atoms with E-state index in [0.29, 0.717) is 32.8 Å². The fourth-order valence-electron chi connectivity index (χ4n) is 2.81. The molecule has 3 rings (SSSR count). The second-order valence-corrected chi connectivity index (χ2v) is 9.26. The Labute approximate surface area is 204 Å². The van der Waals surface area contributed by atoms with Crippen LogP contribution in [0.5, 0.6) is 0 Å². The monoisotopic (exact) mass is 497 g/mol. The number of carbonyl (C=O) groups excluding carboxylic acids is 4. The lowest BCUT2D eigenvalue weighted by Gasteiger charge is -2.06. The van der Waals surface area contributed by atoms with Gasteiger partial charge < -0.3 is 21.3 Å². The molecule has 0 unspecified atom stereocenters. The summed E-state index contributed by atoms with van der Waals surface area (Å²) in [5.41, 5.74) is 3.17. The third kappa shape index (κ3) is 8.34. The number of carbonyl (C=O) groups is 4. The zero-order chi connectivity index (χ0) is 24.5. The first kappa shape index (κ1) is 24.9. The van der Waals surface area contributed by atoms with Gasteiger partial charge in [-0.25, -0.2) is 4.98 Å². The van der Waals surface area contributed by atoms with E-state index in [9.17, 15) is 19.2 Å². The number of thiazole rings is 1. The van der Waals surface area contributed by atoms with Crippen LogP contribution in [0.4, 0.5) is 22.7 Å². The molecule has 0 spiro atoms. The second-order valence-electron chi connectivity index (χ2n) is 7.18. The van der Waals surface area contributed by atoms with Gasteiger partial charge in [0.05, 0.1) is 17.9 Å². The van der Waals surface area contributed by atoms with Crippen molar-refractivity contribution in [1.82, 2.24) is 4.98 Å². The Balaban J connectivity index is 1.43. The van der Waals surface area contributed by atoms with Crippen molar-refractivity contribution in [3.8, 4) is 0 Å². The van der Waals surface area contributed by atoms with Gasteiger partial charge in [-0.15, -0.1) is 11.3 Å². The van der Waals surface area contributed by atoms with E-state index in [1.165, 1.54) is 36.9 Å². The molecule has 0 bridgehead atoms. The summed E-state index contributed by atoms with van der Waals surface area (Å²) in [5, 5.41) is 12.7. The molecule has 1 aromatic heterocycles. The quantitative estimate of drug-likeness (QED) is 0.331. The Hall–Kier alpha value is -3.70. The minimum Gasteiger partial charge on any atom is -0.326 e. The first-order valence-corrected chi connectivity index (χ1v) is 12.1. The van der Waals surface area contributed by atoms with Gasteiger partial charge in [0.2, 0.25) is 23.6 Å². The lowest BCUT2D eigenvalue weighted by molar-refractivity contribution is -0.116. The summed E-state index contributed by atoms with van der Waals surface area (Å²) in [7, 11) is 0. The number of nitrogens with one attached hydrogen (secondary N) is 4. The number of thioether (sulfide) groups is 1. The maximum absolute atomic E-state index is 12.3. The number of benzene rings is 2. The largest absolute Gasteiger partial charge is 0.326 e. The van der Waals surface area contributed by atoms with Gasteiger partial charge in [0.15, 0.2) is 4.34 Å². The average molecular weight is 498 g/mol. The molecule has 0 fully saturated rings. The lowest BCUT2D eigenvalue weighted by atomic mass is 10.2. The molecule has 176 valence electrons. The first-order chi connectivity index (χ1) is 16.3. The Morgan fingerprint density at radius 2 is 1.18 bits per heavy atom. The van der Waals surface area contributed by atoms with Gasteiger partial charge in [0, 0.05) is 42.0 Å². The van der Waals surface area contributed by atoms with Gasteiger partial charge in [0.1, 0.15) is 0 Å². The standard InChI is InChI=1S/C23H23N5O4S2/c1-14(29)24-16-3-7-18(8-4-16)26-21(31)11-20-12-33-23(28-20)34-13-22(32)27-19-9-5-17(6-10-19)25-15(2)30/h3-10,12H,11,13H2,1-2H3,(H,24,29)(H,25,30)(H,26,31)(H,27,32). The molecule has 1 heterocycles. The van der Waals surface area contributed by atoms with Gasteiger partial charge in [-0.05, 0) is 48.5 Å². The van der Waals surface area contributed by atoms with E-state index in [0.717, 1.165) is 0 Å². The number of rotatable bonds is 9. The average Bonchev–Trinajstić information content (AvgIpc) is 3.21. The molecular weight excluding hydrogens is 474 g/mol. The Kier molecular flexibility index (Phi) is 8.77. The number of hydrogen-bond donors (Lipinski definition) is 4. The van der Waals surface area contributed by atoms with E-state index in [1.807, 2.05) is 0 Å². The summed E-state index contributed by atoms with van der Waals surface area (Å²) >= 11 is 2.66. The fraction of sp³-hybridized carbons (Fsp3) is 0.174. The van der Waals surface area contributed by atoms with Crippen molar-refractivity contribution in [3.05, 3.63) is 59.6 Å². The maximum atomic E-state index is 12.3. The number of hydrogen-bond acceptors (Lipinski definition) is 7. The molecule has 9 nitrogen and oxygen atoms in total. The van der Waals surface area contributed by atoms with Crippen molar-refractivity contribution >= 4 is 69.5 Å². The van der Waals surface area contributed by atoms with E-state index < -0.39 is 0 Å². The molecule has 4 N–H and O–H groups in total. The highest BCUT2D eigenvalue weighted by Gasteiger charge is 2.11. The third-order valence-corrected chi connectivity index (χ3v) is 6.25. The van der Waals surface area contributed by atoms with Crippen LogP contribution in [-0.4, -0.2) is 34.4 Å². The molecule has 0 saturated carbocycles. The first-order valence-electron chi connectivity index (χ1n) is 10.2. The lowest BCUT2D eigenvalue weighted by Crippen LogP contribution is -2.15. The van der Waals surface area contributed by atoms with E-state index in [2.05, 4.69) is 26.3 Å². The summed E-state index contributed by atoms with van der Waals surface area (Å²) in [4.78, 5) is 51.0. The molecule has 34 heavy (non-hydrogen) atoms. The number of nitrogens with zero attached hydrogens (tertiary/aromatic N) is 1. The molecule has 0 atom stereocenters. The van der Waals surface area contributed by atoms with Gasteiger partial charge in [-0.1, -0.05) is 11.8 Å². The van der Waals surface area contributed by atoms with Crippen LogP contribution in [0.2, 0.25) is 0 Å². The van der Waals surface area contributed by atoms with Crippen LogP contribution < -0.4 is 21.3 Å². The molecule has 0 saturated heterocycles. The van der Waals surface area contributed by atoms with Gasteiger partial charge in [-0.3, -0.25) is 19.2 Å². The molecule has 4 amide bonds. The van der Waals surface area contributed by atoms with Crippen LogP contribution >= 0.6 is 23.1 Å². The van der Waals surface area contributed by atoms with E-state index >= 15 is 0 Å². The molecule has 2 aromatic carbocycles. The molecule has 11 heteroatoms. The Morgan fingerprint density at radius 1 is 0.735 bits per heavy atom. The van der Waals surface area contributed by atoms with E-state index in [1.54, 1.807) is 53.9 Å². The second kappa shape index (κ2) is 12.0. The van der Waals surface area contributed by atoms with Crippen LogP contribution in [0, 0.1) is 0 Å². The smallest absolute Gasteiger partial charge is 0.234 e. The predicted octanol–water partition coefficient (Wildman–Crippen LogP) is 3.97. The van der Waals surface area contributed by atoms with Crippen LogP contribution in [0.15, 0.2) is 58.3 Å². The Morgan fingerprint density at radius 3 is 1.65 bits per heavy atom. The summed E-state index contributed by atoms with van der Waals surface area (Å²) in [6.07, 6.45) is 0.108. The maximum Gasteiger partial charge on any atom is 0.234 e. The third-order valence-electron chi connectivity index (χ3n) is 4.18. The van der Waals surface area contributed by atoms with Gasteiger partial charge in [-0.2, -0.15) is 0 Å². The number of anilines is 4. The molecule has 0 radical (unpaired) electrons. The minimum absolute atomic E-state index is 0.108. The summed E-state index contributed by atoms with van der Waals surface area (Å²) in [6, 6.07) is 13.7. The van der Waals surface area contributed by atoms with Crippen molar-refractivity contribution < 1.29 is 19.2 Å². The molecule has 3 aromatic rings. The zero-order valence-corrected chi connectivity index (χ0v) is 20.1. The molecule has 0 aliphatic rings. The van der Waals surface area contributed by atoms with E-state index in [-0.39, 0.29) is 35.8 Å². The van der Waals surface area contributed by atoms with Gasteiger partial charge in [0.25, 0.3) is 0 Å². The van der Waals surface area contributed by atoms with Crippen LogP contribution in [0.3, 0.4) is 0 Å². The normalized spacial score (nSPS) is 10.3. The molecular formula is C23H23N5O4S2. The van der Waals surface area contributed by atoms with Crippen molar-refractivity contribution in [2.45, 2.75) is 24.6 Å². The van der Waals surface area contributed by atoms with Crippen LogP contribution in [0.25, 0.3) is 0 Å². The fourth-order valence-corrected chi connectivity index (χ4v) is 4.45. The highest BCUT2D eigenvalue weighted by Crippen LogP contribution is 2.24. The predicted molar refractivity (Wildman–Crippen MR) is 135 cm³/mol. The summed E-state index contributed by atoms with van der Waals surface area (Å²) < 4.78 is 0.693. The number of aromatic nitrogens is 1. The minimum atomic E-state index is -0.213. The highest BCUT2D eigenvalue weighted by atomic mass is 32.2.